The van der Waals surface area contributed by atoms with Crippen molar-refractivity contribution in [1.29, 1.82) is 0 Å². The molecule has 20 atom stereocenters. The number of aliphatic hydroxyl groups excluding tert-OH is 13. The van der Waals surface area contributed by atoms with Gasteiger partial charge < -0.3 is 104 Å². The summed E-state index contributed by atoms with van der Waals surface area (Å²) in [6, 6.07) is 0. The summed E-state index contributed by atoms with van der Waals surface area (Å²) in [5.41, 5.74) is 0. The molecular weight excluding hydrogens is 720 g/mol. The van der Waals surface area contributed by atoms with E-state index in [1.165, 1.54) is 0 Å². The van der Waals surface area contributed by atoms with Gasteiger partial charge in [-0.1, -0.05) is 39.0 Å². The second kappa shape index (κ2) is 21.1. The van der Waals surface area contributed by atoms with Gasteiger partial charge in [0, 0.05) is 6.61 Å². The third-order valence-electron chi connectivity index (χ3n) is 9.91. The molecule has 0 aromatic rings. The fourth-order valence-electron chi connectivity index (χ4n) is 6.43. The maximum atomic E-state index is 10.6. The topological polar surface area (TPSA) is 337 Å². The van der Waals surface area contributed by atoms with Crippen LogP contribution >= 0.6 is 0 Å². The van der Waals surface area contributed by atoms with Crippen LogP contribution in [0.5, 0.6) is 0 Å². The quantitative estimate of drug-likeness (QED) is 0.0575. The Morgan fingerprint density at radius 2 is 0.660 bits per heavy atom. The van der Waals surface area contributed by atoms with Crippen molar-refractivity contribution in [2.75, 3.05) is 33.0 Å². The Bertz CT molecular complexity index is 1050. The molecule has 0 aliphatic carbocycles. The fraction of sp³-hybridized carbons (Fsp3) is 1.00. The minimum Gasteiger partial charge on any atom is -0.394 e. The van der Waals surface area contributed by atoms with Gasteiger partial charge in [0.05, 0.1) is 26.4 Å². The van der Waals surface area contributed by atoms with Crippen LogP contribution in [0.1, 0.15) is 45.4 Å². The number of aliphatic hydroxyl groups is 13. The van der Waals surface area contributed by atoms with E-state index in [-0.39, 0.29) is 6.61 Å². The Balaban J connectivity index is 1.29. The predicted octanol–water partition coefficient (Wildman–Crippen LogP) is -6.36. The van der Waals surface area contributed by atoms with Crippen LogP contribution in [0.3, 0.4) is 0 Å². The summed E-state index contributed by atoms with van der Waals surface area (Å²) < 4.78 is 44.2. The van der Waals surface area contributed by atoms with E-state index < -0.39 is 149 Å². The molecule has 0 aromatic carbocycles. The van der Waals surface area contributed by atoms with Crippen LogP contribution in [0.15, 0.2) is 0 Å². The van der Waals surface area contributed by atoms with Crippen molar-refractivity contribution in [3.05, 3.63) is 0 Å². The highest BCUT2D eigenvalue weighted by Gasteiger charge is 2.50. The van der Waals surface area contributed by atoms with E-state index in [1.807, 2.05) is 0 Å². The molecule has 4 fully saturated rings. The largest absolute Gasteiger partial charge is 0.394 e. The molecule has 4 heterocycles. The molecule has 0 amide bonds. The summed E-state index contributed by atoms with van der Waals surface area (Å²) in [6.07, 6.45) is -26.8. The molecule has 21 heteroatoms. The third kappa shape index (κ3) is 11.2. The zero-order valence-corrected chi connectivity index (χ0v) is 29.4. The van der Waals surface area contributed by atoms with E-state index in [0.29, 0.717) is 6.42 Å². The summed E-state index contributed by atoms with van der Waals surface area (Å²) in [5.74, 6) is 0. The lowest BCUT2D eigenvalue weighted by atomic mass is 9.98. The molecule has 53 heavy (non-hydrogen) atoms. The summed E-state index contributed by atoms with van der Waals surface area (Å²) in [6.45, 7) is -0.203. The van der Waals surface area contributed by atoms with Crippen LogP contribution < -0.4 is 0 Å². The average Bonchev–Trinajstić information content (AvgIpc) is 3.15. The van der Waals surface area contributed by atoms with Crippen molar-refractivity contribution in [3.63, 3.8) is 0 Å². The highest BCUT2D eigenvalue weighted by atomic mass is 16.8. The zero-order valence-electron chi connectivity index (χ0n) is 29.4. The van der Waals surface area contributed by atoms with E-state index >= 15 is 0 Å². The molecule has 21 nitrogen and oxygen atoms in total. The molecule has 0 spiro atoms. The van der Waals surface area contributed by atoms with E-state index in [9.17, 15) is 66.4 Å². The number of hydrogen-bond donors (Lipinski definition) is 13. The van der Waals surface area contributed by atoms with E-state index in [4.69, 9.17) is 37.9 Å². The number of unbranched alkanes of at least 4 members (excludes halogenated alkanes) is 5. The second-order valence-corrected chi connectivity index (χ2v) is 13.9. The van der Waals surface area contributed by atoms with Gasteiger partial charge in [0.25, 0.3) is 0 Å². The summed E-state index contributed by atoms with van der Waals surface area (Å²) in [5, 5.41) is 134. The maximum absolute atomic E-state index is 10.6. The van der Waals surface area contributed by atoms with E-state index in [2.05, 4.69) is 6.92 Å². The van der Waals surface area contributed by atoms with Gasteiger partial charge in [-0.25, -0.2) is 0 Å². The Kier molecular flexibility index (Phi) is 17.8. The first-order valence-corrected chi connectivity index (χ1v) is 18.1. The lowest BCUT2D eigenvalue weighted by Crippen LogP contribution is -2.63. The van der Waals surface area contributed by atoms with Gasteiger partial charge in [-0.15, -0.1) is 0 Å². The molecule has 0 aromatic heterocycles. The smallest absolute Gasteiger partial charge is 0.186 e. The lowest BCUT2D eigenvalue weighted by Gasteiger charge is -2.44. The Labute approximate surface area is 305 Å². The van der Waals surface area contributed by atoms with Gasteiger partial charge in [0.1, 0.15) is 97.7 Å². The Morgan fingerprint density at radius 1 is 0.358 bits per heavy atom. The van der Waals surface area contributed by atoms with Crippen molar-refractivity contribution in [2.45, 2.75) is 168 Å². The number of hydrogen-bond acceptors (Lipinski definition) is 21. The first-order chi connectivity index (χ1) is 25.2. The van der Waals surface area contributed by atoms with Gasteiger partial charge >= 0.3 is 0 Å². The first kappa shape index (κ1) is 44.9. The minimum absolute atomic E-state index is 0.224. The predicted molar refractivity (Wildman–Crippen MR) is 171 cm³/mol. The van der Waals surface area contributed by atoms with Gasteiger partial charge in [-0.05, 0) is 6.42 Å². The van der Waals surface area contributed by atoms with E-state index in [0.717, 1.165) is 32.1 Å². The number of ether oxygens (including phenoxy) is 8. The van der Waals surface area contributed by atoms with Crippen molar-refractivity contribution >= 4 is 0 Å². The van der Waals surface area contributed by atoms with Crippen LogP contribution in [0.2, 0.25) is 0 Å². The van der Waals surface area contributed by atoms with Crippen molar-refractivity contribution in [2.24, 2.45) is 0 Å². The molecule has 4 rings (SSSR count). The second-order valence-electron chi connectivity index (χ2n) is 13.9. The van der Waals surface area contributed by atoms with Gasteiger partial charge in [-0.3, -0.25) is 0 Å². The van der Waals surface area contributed by atoms with Gasteiger partial charge in [-0.2, -0.15) is 0 Å². The first-order valence-electron chi connectivity index (χ1n) is 18.1. The summed E-state index contributed by atoms with van der Waals surface area (Å²) in [7, 11) is 0. The van der Waals surface area contributed by atoms with Crippen LogP contribution in [0, 0.1) is 0 Å². The van der Waals surface area contributed by atoms with Crippen molar-refractivity contribution < 1.29 is 104 Å². The standard InChI is InChI=1S/C32H58O21/c1-2-3-4-5-6-7-8-46-29-25(42)22(39)18(35)14(51-29)10-48-31-27(44)24(41)20(37)16(53-31)12-49-32-28(45)23(40)19(36)15(52-32)11-47-30-26(43)21(38)17(34)13(9-33)50-30/h13-45H,2-12H2,1H3/t13-,14-,15-,16-,17-,18-,19-,20-,21+,22+,23+,24+,25+,26+,27+,28+,29+,30+,31+,32+/m1/s1. The third-order valence-corrected chi connectivity index (χ3v) is 9.91. The van der Waals surface area contributed by atoms with Crippen LogP contribution in [-0.2, 0) is 37.9 Å². The normalized spacial score (nSPS) is 46.8. The molecule has 13 N–H and O–H groups in total. The molecule has 4 saturated heterocycles. The van der Waals surface area contributed by atoms with E-state index in [1.54, 1.807) is 0 Å². The molecule has 312 valence electrons. The maximum Gasteiger partial charge on any atom is 0.186 e. The lowest BCUT2D eigenvalue weighted by molar-refractivity contribution is -0.347. The van der Waals surface area contributed by atoms with Crippen LogP contribution in [0.25, 0.3) is 0 Å². The highest BCUT2D eigenvalue weighted by Crippen LogP contribution is 2.29. The average molecular weight is 779 g/mol. The van der Waals surface area contributed by atoms with Crippen molar-refractivity contribution in [1.82, 2.24) is 0 Å². The molecular formula is C32H58O21. The fourth-order valence-corrected chi connectivity index (χ4v) is 6.43. The monoisotopic (exact) mass is 778 g/mol. The highest BCUT2D eigenvalue weighted by molar-refractivity contribution is 4.94. The molecule has 4 aliphatic rings. The number of rotatable bonds is 18. The SMILES string of the molecule is CCCCCCCCO[C@H]1O[C@H](CO[C@H]2O[C@H](CO[C@H]3O[C@H](CO[C@H]4O[C@H](CO)[C@@H](O)[C@H](O)[C@@H]4O)[C@@H](O)[C@H](O)[C@@H]3O)[C@@H](O)[C@H](O)[C@@H]2O)[C@@H](O)[C@H](O)[C@@H]1O. The Morgan fingerprint density at radius 3 is 1.02 bits per heavy atom. The summed E-state index contributed by atoms with van der Waals surface area (Å²) >= 11 is 0. The van der Waals surface area contributed by atoms with Crippen molar-refractivity contribution in [3.8, 4) is 0 Å². The summed E-state index contributed by atoms with van der Waals surface area (Å²) in [4.78, 5) is 0. The molecule has 0 unspecified atom stereocenters. The molecule has 0 saturated carbocycles. The van der Waals surface area contributed by atoms with Crippen LogP contribution in [-0.4, -0.2) is 222 Å². The Hall–Kier alpha value is -0.840. The zero-order chi connectivity index (χ0) is 39.0. The molecule has 0 radical (unpaired) electrons. The molecule has 4 aliphatic heterocycles. The minimum atomic E-state index is -1.87. The van der Waals surface area contributed by atoms with Crippen LogP contribution in [0.4, 0.5) is 0 Å². The van der Waals surface area contributed by atoms with Gasteiger partial charge in [0.15, 0.2) is 25.2 Å². The molecule has 0 bridgehead atoms. The van der Waals surface area contributed by atoms with Gasteiger partial charge in [0.2, 0.25) is 0 Å².